The third-order valence-corrected chi connectivity index (χ3v) is 5.20. The highest BCUT2D eigenvalue weighted by Gasteiger charge is 2.19. The van der Waals surface area contributed by atoms with Gasteiger partial charge >= 0.3 is 0 Å². The van der Waals surface area contributed by atoms with Gasteiger partial charge in [0, 0.05) is 18.7 Å². The largest absolute Gasteiger partial charge is 0.493 e. The Labute approximate surface area is 176 Å². The van der Waals surface area contributed by atoms with Crippen LogP contribution >= 0.6 is 0 Å². The average molecular weight is 403 g/mol. The second kappa shape index (κ2) is 9.35. The Bertz CT molecular complexity index is 1020. The lowest BCUT2D eigenvalue weighted by molar-refractivity contribution is 0.174. The molecule has 154 valence electrons. The van der Waals surface area contributed by atoms with E-state index in [0.29, 0.717) is 18.0 Å². The standard InChI is InChI=1S/C25H25NO4/c1-27-22-10-8-18(14-24(22)28-2)16-26-13-12-21(19-6-4-3-5-7-19)20-9-11-23-25(15-20)30-17-29-23/h3-11,14-16,21H,12-13,17H2,1-2H3/t21-/m1/s1. The van der Waals surface area contributed by atoms with Crippen molar-refractivity contribution in [3.05, 3.63) is 83.4 Å². The van der Waals surface area contributed by atoms with E-state index in [2.05, 4.69) is 41.4 Å². The second-order valence-corrected chi connectivity index (χ2v) is 7.01. The number of fused-ring (bicyclic) bond motifs is 1. The third-order valence-electron chi connectivity index (χ3n) is 5.20. The first-order valence-electron chi connectivity index (χ1n) is 9.95. The topological polar surface area (TPSA) is 49.3 Å². The number of hydrogen-bond donors (Lipinski definition) is 0. The molecular weight excluding hydrogens is 378 g/mol. The van der Waals surface area contributed by atoms with Crippen LogP contribution in [0.15, 0.2) is 71.7 Å². The van der Waals surface area contributed by atoms with Gasteiger partial charge in [0.25, 0.3) is 0 Å². The summed E-state index contributed by atoms with van der Waals surface area (Å²) in [4.78, 5) is 4.66. The molecular formula is C25H25NO4. The van der Waals surface area contributed by atoms with Crippen LogP contribution in [0.25, 0.3) is 0 Å². The number of ether oxygens (including phenoxy) is 4. The lowest BCUT2D eigenvalue weighted by atomic mass is 9.88. The summed E-state index contributed by atoms with van der Waals surface area (Å²) in [6.45, 7) is 0.979. The molecule has 3 aromatic rings. The van der Waals surface area contributed by atoms with Crippen molar-refractivity contribution in [2.45, 2.75) is 12.3 Å². The number of benzene rings is 3. The van der Waals surface area contributed by atoms with E-state index in [0.717, 1.165) is 23.5 Å². The highest BCUT2D eigenvalue weighted by atomic mass is 16.7. The zero-order valence-electron chi connectivity index (χ0n) is 17.2. The van der Waals surface area contributed by atoms with Crippen molar-refractivity contribution in [2.75, 3.05) is 27.6 Å². The Morgan fingerprint density at radius 1 is 0.867 bits per heavy atom. The van der Waals surface area contributed by atoms with Crippen LogP contribution in [0.5, 0.6) is 23.0 Å². The van der Waals surface area contributed by atoms with E-state index in [9.17, 15) is 0 Å². The number of rotatable bonds is 8. The molecule has 5 heteroatoms. The molecule has 0 amide bonds. The molecule has 0 saturated carbocycles. The van der Waals surface area contributed by atoms with Crippen LogP contribution in [-0.4, -0.2) is 33.8 Å². The third kappa shape index (κ3) is 4.40. The van der Waals surface area contributed by atoms with Crippen molar-refractivity contribution in [1.82, 2.24) is 0 Å². The van der Waals surface area contributed by atoms with Crippen molar-refractivity contribution in [2.24, 2.45) is 4.99 Å². The van der Waals surface area contributed by atoms with E-state index in [4.69, 9.17) is 18.9 Å². The van der Waals surface area contributed by atoms with Crippen LogP contribution in [0.4, 0.5) is 0 Å². The molecule has 5 nitrogen and oxygen atoms in total. The highest BCUT2D eigenvalue weighted by Crippen LogP contribution is 2.37. The number of hydrogen-bond acceptors (Lipinski definition) is 5. The Hall–Kier alpha value is -3.47. The molecule has 0 aromatic heterocycles. The SMILES string of the molecule is COc1ccc(C=NCC[C@H](c2ccccc2)c2ccc3c(c2)OCO3)cc1OC. The van der Waals surface area contributed by atoms with Gasteiger partial charge in [0.2, 0.25) is 6.79 Å². The van der Waals surface area contributed by atoms with Gasteiger partial charge in [-0.1, -0.05) is 36.4 Å². The quantitative estimate of drug-likeness (QED) is 0.493. The average Bonchev–Trinajstić information content (AvgIpc) is 3.27. The van der Waals surface area contributed by atoms with Crippen LogP contribution in [-0.2, 0) is 0 Å². The maximum Gasteiger partial charge on any atom is 0.231 e. The molecule has 1 heterocycles. The van der Waals surface area contributed by atoms with E-state index in [1.807, 2.05) is 36.5 Å². The van der Waals surface area contributed by atoms with Gasteiger partial charge in [-0.2, -0.15) is 0 Å². The Morgan fingerprint density at radius 2 is 1.67 bits per heavy atom. The van der Waals surface area contributed by atoms with Crippen molar-refractivity contribution in [3.63, 3.8) is 0 Å². The van der Waals surface area contributed by atoms with E-state index in [1.165, 1.54) is 11.1 Å². The summed E-state index contributed by atoms with van der Waals surface area (Å²) in [5, 5.41) is 0. The minimum Gasteiger partial charge on any atom is -0.493 e. The highest BCUT2D eigenvalue weighted by molar-refractivity contribution is 5.80. The zero-order valence-corrected chi connectivity index (χ0v) is 17.2. The lowest BCUT2D eigenvalue weighted by Crippen LogP contribution is -2.03. The molecule has 0 aliphatic carbocycles. The predicted molar refractivity (Wildman–Crippen MR) is 117 cm³/mol. The summed E-state index contributed by atoms with van der Waals surface area (Å²) < 4.78 is 21.7. The van der Waals surface area contributed by atoms with Gasteiger partial charge in [-0.25, -0.2) is 0 Å². The number of aliphatic imine (C=N–C) groups is 1. The lowest BCUT2D eigenvalue weighted by Gasteiger charge is -2.17. The molecule has 0 bridgehead atoms. The summed E-state index contributed by atoms with van der Waals surface area (Å²) in [5.41, 5.74) is 3.44. The van der Waals surface area contributed by atoms with E-state index in [1.54, 1.807) is 14.2 Å². The van der Waals surface area contributed by atoms with Crippen LogP contribution in [0.2, 0.25) is 0 Å². The molecule has 3 aromatic carbocycles. The first-order chi connectivity index (χ1) is 14.8. The molecule has 0 radical (unpaired) electrons. The Balaban J connectivity index is 1.50. The van der Waals surface area contributed by atoms with E-state index in [-0.39, 0.29) is 12.7 Å². The van der Waals surface area contributed by atoms with E-state index >= 15 is 0 Å². The fourth-order valence-electron chi connectivity index (χ4n) is 3.65. The van der Waals surface area contributed by atoms with Gasteiger partial charge in [-0.3, -0.25) is 4.99 Å². The monoisotopic (exact) mass is 403 g/mol. The van der Waals surface area contributed by atoms with Crippen molar-refractivity contribution >= 4 is 6.21 Å². The maximum atomic E-state index is 5.58. The van der Waals surface area contributed by atoms with E-state index < -0.39 is 0 Å². The molecule has 1 aliphatic rings. The predicted octanol–water partition coefficient (Wildman–Crippen LogP) is 5.07. The molecule has 0 N–H and O–H groups in total. The normalized spacial score (nSPS) is 13.4. The second-order valence-electron chi connectivity index (χ2n) is 7.01. The van der Waals surface area contributed by atoms with Gasteiger partial charge in [0.1, 0.15) is 0 Å². The minimum atomic E-state index is 0.225. The molecule has 0 saturated heterocycles. The maximum absolute atomic E-state index is 5.58. The summed E-state index contributed by atoms with van der Waals surface area (Å²) in [7, 11) is 3.26. The van der Waals surface area contributed by atoms with Gasteiger partial charge in [0.15, 0.2) is 23.0 Å². The zero-order chi connectivity index (χ0) is 20.8. The van der Waals surface area contributed by atoms with Crippen molar-refractivity contribution < 1.29 is 18.9 Å². The molecule has 4 rings (SSSR count). The first-order valence-corrected chi connectivity index (χ1v) is 9.95. The summed E-state index contributed by atoms with van der Waals surface area (Å²) in [6.07, 6.45) is 2.76. The Kier molecular flexibility index (Phi) is 6.18. The summed E-state index contributed by atoms with van der Waals surface area (Å²) >= 11 is 0. The van der Waals surface area contributed by atoms with Crippen LogP contribution in [0.3, 0.4) is 0 Å². The minimum absolute atomic E-state index is 0.225. The summed E-state index contributed by atoms with van der Waals surface area (Å²) in [6, 6.07) is 22.5. The Morgan fingerprint density at radius 3 is 2.47 bits per heavy atom. The molecule has 0 fully saturated rings. The van der Waals surface area contributed by atoms with Crippen LogP contribution < -0.4 is 18.9 Å². The van der Waals surface area contributed by atoms with Gasteiger partial charge in [0.05, 0.1) is 14.2 Å². The van der Waals surface area contributed by atoms with Gasteiger partial charge in [-0.15, -0.1) is 0 Å². The van der Waals surface area contributed by atoms with Crippen molar-refractivity contribution in [1.29, 1.82) is 0 Å². The number of methoxy groups -OCH3 is 2. The fourth-order valence-corrected chi connectivity index (χ4v) is 3.65. The molecule has 1 atom stereocenters. The van der Waals surface area contributed by atoms with Crippen molar-refractivity contribution in [3.8, 4) is 23.0 Å². The van der Waals surface area contributed by atoms with Crippen LogP contribution in [0, 0.1) is 0 Å². The molecule has 0 unspecified atom stereocenters. The summed E-state index contributed by atoms with van der Waals surface area (Å²) in [5.74, 6) is 3.24. The van der Waals surface area contributed by atoms with Gasteiger partial charge in [-0.05, 0) is 53.4 Å². The molecule has 0 spiro atoms. The smallest absolute Gasteiger partial charge is 0.231 e. The fraction of sp³-hybridized carbons (Fsp3) is 0.240. The van der Waals surface area contributed by atoms with Gasteiger partial charge < -0.3 is 18.9 Å². The molecule has 30 heavy (non-hydrogen) atoms. The molecule has 1 aliphatic heterocycles. The van der Waals surface area contributed by atoms with Crippen LogP contribution in [0.1, 0.15) is 29.0 Å². The number of nitrogens with zero attached hydrogens (tertiary/aromatic N) is 1. The first kappa shape index (κ1) is 19.8.